The van der Waals surface area contributed by atoms with Crippen LogP contribution in [0.5, 0.6) is 0 Å². The second-order valence-electron chi connectivity index (χ2n) is 7.87. The summed E-state index contributed by atoms with van der Waals surface area (Å²) in [5.41, 5.74) is 4.24. The van der Waals surface area contributed by atoms with Gasteiger partial charge in [-0.05, 0) is 31.5 Å². The molecular formula is C21H23F2N5O2S. The first-order valence-electron chi connectivity index (χ1n) is 9.89. The first-order valence-corrected chi connectivity index (χ1v) is 10.9. The number of fused-ring (bicyclic) bond motifs is 1. The number of rotatable bonds is 4. The van der Waals surface area contributed by atoms with Gasteiger partial charge in [0.15, 0.2) is 10.8 Å². The van der Waals surface area contributed by atoms with Crippen LogP contribution in [0.25, 0.3) is 0 Å². The maximum absolute atomic E-state index is 16.1. The number of anilines is 1. The third-order valence-corrected chi connectivity index (χ3v) is 6.58. The highest BCUT2D eigenvalue weighted by molar-refractivity contribution is 8.13. The molecule has 10 heteroatoms. The number of amidine groups is 1. The number of halogens is 2. The number of nitrogens with one attached hydrogen (secondary N) is 1. The van der Waals surface area contributed by atoms with Crippen molar-refractivity contribution in [1.29, 1.82) is 0 Å². The van der Waals surface area contributed by atoms with Crippen molar-refractivity contribution in [3.8, 4) is 0 Å². The zero-order valence-corrected chi connectivity index (χ0v) is 18.0. The van der Waals surface area contributed by atoms with Gasteiger partial charge in [0.25, 0.3) is 5.91 Å². The lowest BCUT2D eigenvalue weighted by molar-refractivity contribution is -0.106. The number of alkyl halides is 2. The van der Waals surface area contributed by atoms with E-state index in [-0.39, 0.29) is 36.3 Å². The van der Waals surface area contributed by atoms with Crippen molar-refractivity contribution in [3.63, 3.8) is 0 Å². The molecular weight excluding hydrogens is 424 g/mol. The van der Waals surface area contributed by atoms with E-state index in [2.05, 4.69) is 20.3 Å². The summed E-state index contributed by atoms with van der Waals surface area (Å²) in [6, 6.07) is 6.82. The summed E-state index contributed by atoms with van der Waals surface area (Å²) in [4.78, 5) is 24.9. The van der Waals surface area contributed by atoms with Crippen LogP contribution in [-0.2, 0) is 10.3 Å². The molecule has 0 aliphatic carbocycles. The van der Waals surface area contributed by atoms with Crippen LogP contribution >= 0.6 is 11.8 Å². The molecule has 164 valence electrons. The van der Waals surface area contributed by atoms with Crippen LogP contribution in [0.2, 0.25) is 0 Å². The van der Waals surface area contributed by atoms with E-state index in [0.717, 1.165) is 0 Å². The normalized spacial score (nSPS) is 28.9. The van der Waals surface area contributed by atoms with Gasteiger partial charge in [-0.2, -0.15) is 0 Å². The fourth-order valence-corrected chi connectivity index (χ4v) is 4.87. The topological polar surface area (TPSA) is 102 Å². The van der Waals surface area contributed by atoms with Gasteiger partial charge in [0.05, 0.1) is 30.8 Å². The Morgan fingerprint density at radius 2 is 2.19 bits per heavy atom. The van der Waals surface area contributed by atoms with Crippen molar-refractivity contribution in [2.24, 2.45) is 10.7 Å². The van der Waals surface area contributed by atoms with Gasteiger partial charge in [0.1, 0.15) is 17.4 Å². The zero-order valence-electron chi connectivity index (χ0n) is 17.1. The van der Waals surface area contributed by atoms with E-state index in [9.17, 15) is 9.18 Å². The summed E-state index contributed by atoms with van der Waals surface area (Å²) in [5, 5.41) is 3.03. The summed E-state index contributed by atoms with van der Waals surface area (Å²) in [6.45, 7) is 3.23. The number of nitrogens with zero attached hydrogens (tertiary/aromatic N) is 3. The summed E-state index contributed by atoms with van der Waals surface area (Å²) < 4.78 is 35.2. The highest BCUT2D eigenvalue weighted by atomic mass is 32.2. The molecule has 0 saturated carbocycles. The van der Waals surface area contributed by atoms with E-state index in [1.807, 2.05) is 6.92 Å². The lowest BCUT2D eigenvalue weighted by atomic mass is 9.73. The average Bonchev–Trinajstić information content (AvgIpc) is 2.74. The summed E-state index contributed by atoms with van der Waals surface area (Å²) >= 11 is 1.20. The maximum atomic E-state index is 16.1. The summed E-state index contributed by atoms with van der Waals surface area (Å²) in [7, 11) is 0. The first kappa shape index (κ1) is 21.6. The van der Waals surface area contributed by atoms with Gasteiger partial charge in [-0.3, -0.25) is 9.78 Å². The second kappa shape index (κ2) is 8.16. The molecule has 2 aromatic rings. The van der Waals surface area contributed by atoms with Crippen molar-refractivity contribution in [1.82, 2.24) is 9.97 Å². The number of hydrogen-bond donors (Lipinski definition) is 2. The Morgan fingerprint density at radius 3 is 2.90 bits per heavy atom. The number of benzene rings is 1. The van der Waals surface area contributed by atoms with Gasteiger partial charge in [-0.15, -0.1) is 0 Å². The minimum absolute atomic E-state index is 0.0407. The molecule has 0 spiro atoms. The highest BCUT2D eigenvalue weighted by Crippen LogP contribution is 2.51. The number of carbonyl (C=O) groups is 1. The Morgan fingerprint density at radius 1 is 1.39 bits per heavy atom. The van der Waals surface area contributed by atoms with Gasteiger partial charge >= 0.3 is 0 Å². The Bertz CT molecular complexity index is 1020. The molecule has 4 atom stereocenters. The van der Waals surface area contributed by atoms with E-state index in [1.54, 1.807) is 24.3 Å². The van der Waals surface area contributed by atoms with E-state index >= 15 is 4.39 Å². The van der Waals surface area contributed by atoms with Gasteiger partial charge in [0, 0.05) is 17.9 Å². The van der Waals surface area contributed by atoms with Crippen LogP contribution in [-0.4, -0.2) is 45.2 Å². The van der Waals surface area contributed by atoms with Crippen LogP contribution in [0.15, 0.2) is 41.7 Å². The fourth-order valence-electron chi connectivity index (χ4n) is 3.91. The Balaban J connectivity index is 1.63. The number of aliphatic imine (C=N–C) groups is 1. The summed E-state index contributed by atoms with van der Waals surface area (Å²) in [6.07, 6.45) is 1.13. The van der Waals surface area contributed by atoms with Crippen LogP contribution < -0.4 is 11.1 Å². The van der Waals surface area contributed by atoms with Crippen molar-refractivity contribution >= 4 is 28.5 Å². The molecule has 3 N–H and O–H groups in total. The predicted molar refractivity (Wildman–Crippen MR) is 116 cm³/mol. The molecule has 2 aliphatic heterocycles. The largest absolute Gasteiger partial charge is 0.379 e. The molecule has 0 bridgehead atoms. The number of thioether (sulfide) groups is 1. The van der Waals surface area contributed by atoms with Crippen molar-refractivity contribution in [3.05, 3.63) is 53.6 Å². The van der Waals surface area contributed by atoms with Crippen LogP contribution in [0.4, 0.5) is 14.5 Å². The molecule has 1 fully saturated rings. The van der Waals surface area contributed by atoms with Crippen LogP contribution in [0, 0.1) is 0 Å². The van der Waals surface area contributed by atoms with Crippen molar-refractivity contribution in [2.45, 2.75) is 43.8 Å². The maximum Gasteiger partial charge on any atom is 0.275 e. The SMILES string of the molecule is CC(F)c1cnc(C(=O)Nc2cccc([C@]34CO[C@@H](C)C[C@@]3(F)CSC(N)=N4)c2)cn1. The molecule has 1 amide bonds. The number of ether oxygens (including phenoxy) is 1. The minimum atomic E-state index is -1.63. The van der Waals surface area contributed by atoms with Crippen LogP contribution in [0.1, 0.15) is 48.2 Å². The number of amides is 1. The number of aromatic nitrogens is 2. The first-order chi connectivity index (χ1) is 14.7. The van der Waals surface area contributed by atoms with Gasteiger partial charge in [-0.1, -0.05) is 23.9 Å². The smallest absolute Gasteiger partial charge is 0.275 e. The minimum Gasteiger partial charge on any atom is -0.379 e. The zero-order chi connectivity index (χ0) is 22.2. The fraction of sp³-hybridized carbons (Fsp3) is 0.429. The molecule has 3 heterocycles. The monoisotopic (exact) mass is 447 g/mol. The van der Waals surface area contributed by atoms with Crippen LogP contribution in [0.3, 0.4) is 0 Å². The molecule has 1 saturated heterocycles. The van der Waals surface area contributed by atoms with E-state index in [0.29, 0.717) is 16.4 Å². The van der Waals surface area contributed by atoms with E-state index in [1.165, 1.54) is 31.1 Å². The van der Waals surface area contributed by atoms with Crippen molar-refractivity contribution < 1.29 is 18.3 Å². The lowest BCUT2D eigenvalue weighted by Crippen LogP contribution is -2.60. The van der Waals surface area contributed by atoms with E-state index < -0.39 is 23.3 Å². The molecule has 1 aromatic carbocycles. The molecule has 0 radical (unpaired) electrons. The Labute approximate surface area is 182 Å². The third-order valence-electron chi connectivity index (χ3n) is 5.59. The lowest BCUT2D eigenvalue weighted by Gasteiger charge is -2.49. The number of hydrogen-bond acceptors (Lipinski definition) is 7. The Hall–Kier alpha value is -2.59. The quantitative estimate of drug-likeness (QED) is 0.743. The second-order valence-corrected chi connectivity index (χ2v) is 8.86. The number of nitrogens with two attached hydrogens (primary N) is 1. The molecule has 7 nitrogen and oxygen atoms in total. The Kier molecular flexibility index (Phi) is 5.69. The average molecular weight is 448 g/mol. The molecule has 2 aliphatic rings. The van der Waals surface area contributed by atoms with Gasteiger partial charge in [-0.25, -0.2) is 18.8 Å². The molecule has 4 rings (SSSR count). The van der Waals surface area contributed by atoms with Crippen molar-refractivity contribution in [2.75, 3.05) is 17.7 Å². The predicted octanol–water partition coefficient (Wildman–Crippen LogP) is 3.53. The van der Waals surface area contributed by atoms with E-state index in [4.69, 9.17) is 10.5 Å². The molecule has 1 unspecified atom stereocenters. The standard InChI is InChI=1S/C21H23F2N5O2S/c1-12-7-20(23)11-31-19(24)28-21(20,10-30-12)14-4-3-5-15(6-14)27-18(29)17-9-25-16(8-26-17)13(2)22/h3-6,8-9,12-13H,7,10-11H2,1-2H3,(H2,24,28)(H,27,29)/t12-,13?,20+,21+/m0/s1. The third kappa shape index (κ3) is 4.01. The summed E-state index contributed by atoms with van der Waals surface area (Å²) in [5.74, 6) is -0.330. The molecule has 1 aromatic heterocycles. The number of carbonyl (C=O) groups excluding carboxylic acids is 1. The van der Waals surface area contributed by atoms with Gasteiger partial charge in [0.2, 0.25) is 0 Å². The highest BCUT2D eigenvalue weighted by Gasteiger charge is 2.59. The molecule has 31 heavy (non-hydrogen) atoms. The van der Waals surface area contributed by atoms with Gasteiger partial charge < -0.3 is 15.8 Å².